The fraction of sp³-hybridized carbons (Fsp3) is 0.638. The number of allylic oxidation sites excluding steroid dienone is 24. The normalized spacial score (nSPS) is 24.8. The third-order valence-electron chi connectivity index (χ3n) is 14.3. The zero-order valence-electron chi connectivity index (χ0n) is 50.6. The molecule has 0 aromatic heterocycles. The predicted molar refractivity (Wildman–Crippen MR) is 336 cm³/mol. The monoisotopic (exact) mass is 1160 g/mol. The maximum atomic E-state index is 13.2. The number of carbonyl (C=O) groups is 1. The van der Waals surface area contributed by atoms with Gasteiger partial charge in [-0.2, -0.15) is 0 Å². The zero-order valence-corrected chi connectivity index (χ0v) is 50.6. The fourth-order valence-corrected chi connectivity index (χ4v) is 9.28. The van der Waals surface area contributed by atoms with Crippen LogP contribution in [0.5, 0.6) is 0 Å². The standard InChI is InChI=1S/C69H111NO13/c1-3-5-7-9-11-13-15-16-17-18-19-20-21-22-23-24-25-26-27-28-29-30-31-32-33-34-35-36-37-38-39-40-41-42-43-45-47-49-51-53-61(74)70-57(58(73)52-50-48-46-44-14-12-10-8-6-4-2)56-80-68-66(79)64(77)67(60(55-72)82-68)83-69-65(78)63(76)62(75)59(54-71)81-69/h5,7,11,13,16-17,19-20,22-23,25-26,28-29,31-32,34-35,37-38,40-41,43,45,57-60,62-69,71-73,75-79H,3-4,6,8-10,12,14-15,18,21,24,27,30,33,36,39,42,44,46-56H2,1-2H3,(H,70,74)/b7-5-,13-11-,17-16-,20-19-,23-22-,26-25-,29-28-,32-31-,35-34-,38-37-,41-40-,45-43-. The molecule has 14 heteroatoms. The van der Waals surface area contributed by atoms with Crippen LogP contribution in [0.3, 0.4) is 0 Å². The lowest BCUT2D eigenvalue weighted by Crippen LogP contribution is -2.65. The zero-order chi connectivity index (χ0) is 60.2. The van der Waals surface area contributed by atoms with E-state index in [0.29, 0.717) is 12.8 Å². The summed E-state index contributed by atoms with van der Waals surface area (Å²) in [5.74, 6) is -0.258. The Kier molecular flexibility index (Phi) is 47.2. The smallest absolute Gasteiger partial charge is 0.220 e. The number of unbranched alkanes of at least 4 members (excludes halogenated alkanes) is 11. The molecule has 2 heterocycles. The molecule has 0 aromatic rings. The van der Waals surface area contributed by atoms with Gasteiger partial charge in [0.05, 0.1) is 32.0 Å². The quantitative estimate of drug-likeness (QED) is 0.0204. The Morgan fingerprint density at radius 3 is 1.25 bits per heavy atom. The van der Waals surface area contributed by atoms with Crippen LogP contribution in [0.15, 0.2) is 146 Å². The minimum Gasteiger partial charge on any atom is -0.394 e. The fourth-order valence-electron chi connectivity index (χ4n) is 9.28. The number of carbonyl (C=O) groups excluding carboxylic acids is 1. The van der Waals surface area contributed by atoms with Crippen molar-refractivity contribution in [1.29, 1.82) is 0 Å². The molecule has 9 N–H and O–H groups in total. The number of hydrogen-bond donors (Lipinski definition) is 9. The van der Waals surface area contributed by atoms with Crippen LogP contribution >= 0.6 is 0 Å². The number of nitrogens with one attached hydrogen (secondary N) is 1. The van der Waals surface area contributed by atoms with Crippen molar-refractivity contribution in [2.75, 3.05) is 19.8 Å². The molecule has 0 bridgehead atoms. The predicted octanol–water partition coefficient (Wildman–Crippen LogP) is 11.7. The first-order valence-corrected chi connectivity index (χ1v) is 31.6. The molecule has 12 atom stereocenters. The Balaban J connectivity index is 1.65. The molecular weight excluding hydrogens is 1050 g/mol. The van der Waals surface area contributed by atoms with Gasteiger partial charge in [-0.25, -0.2) is 0 Å². The second kappa shape index (κ2) is 52.2. The van der Waals surface area contributed by atoms with Crippen LogP contribution in [0.25, 0.3) is 0 Å². The van der Waals surface area contributed by atoms with Crippen LogP contribution in [0.2, 0.25) is 0 Å². The van der Waals surface area contributed by atoms with Gasteiger partial charge in [0.1, 0.15) is 48.8 Å². The van der Waals surface area contributed by atoms with E-state index >= 15 is 0 Å². The Labute approximate surface area is 500 Å². The molecule has 470 valence electrons. The first-order chi connectivity index (χ1) is 40.6. The molecule has 2 fully saturated rings. The largest absolute Gasteiger partial charge is 0.394 e. The Morgan fingerprint density at radius 1 is 0.446 bits per heavy atom. The summed E-state index contributed by atoms with van der Waals surface area (Å²) < 4.78 is 22.7. The number of aliphatic hydroxyl groups is 8. The van der Waals surface area contributed by atoms with Gasteiger partial charge in [0.15, 0.2) is 12.6 Å². The van der Waals surface area contributed by atoms with Crippen LogP contribution < -0.4 is 5.32 Å². The minimum atomic E-state index is -1.79. The third-order valence-corrected chi connectivity index (χ3v) is 14.3. The average molecular weight is 1160 g/mol. The van der Waals surface area contributed by atoms with Crippen molar-refractivity contribution < 1.29 is 64.6 Å². The summed E-state index contributed by atoms with van der Waals surface area (Å²) in [4.78, 5) is 13.2. The molecule has 2 rings (SSSR count). The van der Waals surface area contributed by atoms with Crippen molar-refractivity contribution in [2.45, 2.75) is 261 Å². The molecule has 0 aromatic carbocycles. The van der Waals surface area contributed by atoms with Crippen LogP contribution in [0.1, 0.15) is 187 Å². The van der Waals surface area contributed by atoms with Gasteiger partial charge in [-0.05, 0) is 103 Å². The number of ether oxygens (including phenoxy) is 4. The van der Waals surface area contributed by atoms with Crippen LogP contribution in [0, 0.1) is 0 Å². The average Bonchev–Trinajstić information content (AvgIpc) is 3.47. The summed E-state index contributed by atoms with van der Waals surface area (Å²) in [7, 11) is 0. The van der Waals surface area contributed by atoms with Gasteiger partial charge in [-0.15, -0.1) is 0 Å². The first kappa shape index (κ1) is 75.0. The van der Waals surface area contributed by atoms with Crippen molar-refractivity contribution in [2.24, 2.45) is 0 Å². The van der Waals surface area contributed by atoms with Crippen molar-refractivity contribution in [3.05, 3.63) is 146 Å². The highest BCUT2D eigenvalue weighted by atomic mass is 16.7. The lowest BCUT2D eigenvalue weighted by Gasteiger charge is -2.46. The van der Waals surface area contributed by atoms with Crippen molar-refractivity contribution in [3.63, 3.8) is 0 Å². The van der Waals surface area contributed by atoms with Gasteiger partial charge in [0.2, 0.25) is 5.91 Å². The van der Waals surface area contributed by atoms with Gasteiger partial charge in [-0.3, -0.25) is 4.79 Å². The van der Waals surface area contributed by atoms with Gasteiger partial charge < -0.3 is 65.1 Å². The van der Waals surface area contributed by atoms with E-state index < -0.39 is 86.8 Å². The van der Waals surface area contributed by atoms with Gasteiger partial charge in [0, 0.05) is 6.42 Å². The van der Waals surface area contributed by atoms with E-state index in [2.05, 4.69) is 165 Å². The number of rotatable bonds is 48. The number of hydrogen-bond acceptors (Lipinski definition) is 13. The van der Waals surface area contributed by atoms with Crippen molar-refractivity contribution >= 4 is 5.91 Å². The molecule has 2 aliphatic heterocycles. The van der Waals surface area contributed by atoms with E-state index in [-0.39, 0.29) is 18.9 Å². The molecule has 0 radical (unpaired) electrons. The molecule has 12 unspecified atom stereocenters. The lowest BCUT2D eigenvalue weighted by atomic mass is 9.97. The summed E-state index contributed by atoms with van der Waals surface area (Å²) in [5.41, 5.74) is 0. The second-order valence-electron chi connectivity index (χ2n) is 21.5. The maximum Gasteiger partial charge on any atom is 0.220 e. The summed E-state index contributed by atoms with van der Waals surface area (Å²) >= 11 is 0. The van der Waals surface area contributed by atoms with E-state index in [9.17, 15) is 45.6 Å². The van der Waals surface area contributed by atoms with Crippen molar-refractivity contribution in [1.82, 2.24) is 5.32 Å². The van der Waals surface area contributed by atoms with Crippen LogP contribution in [-0.2, 0) is 23.7 Å². The topological polar surface area (TPSA) is 228 Å². The molecule has 83 heavy (non-hydrogen) atoms. The summed E-state index contributed by atoms with van der Waals surface area (Å²) in [6.45, 7) is 2.66. The lowest BCUT2D eigenvalue weighted by molar-refractivity contribution is -0.359. The SMILES string of the molecule is CC/C=C\C/C=C\C/C=C\C/C=C\C/C=C\C/C=C\C/C=C\C/C=C\C/C=C\C/C=C\C/C=C\C/C=C\CCCCC(=O)NC(COC1OC(CO)C(OC2OC(CO)C(O)C(O)C2O)C(O)C1O)C(O)CCCCCCCCCCCC. The molecule has 1 amide bonds. The molecule has 14 nitrogen and oxygen atoms in total. The summed E-state index contributed by atoms with van der Waals surface area (Å²) in [5, 5.41) is 87.0. The molecule has 0 saturated carbocycles. The molecule has 0 aliphatic carbocycles. The van der Waals surface area contributed by atoms with Gasteiger partial charge in [0.25, 0.3) is 0 Å². The number of aliphatic hydroxyl groups excluding tert-OH is 8. The number of amides is 1. The Morgan fingerprint density at radius 2 is 0.831 bits per heavy atom. The molecular formula is C69H111NO13. The Bertz CT molecular complexity index is 1950. The van der Waals surface area contributed by atoms with Crippen molar-refractivity contribution in [3.8, 4) is 0 Å². The highest BCUT2D eigenvalue weighted by Gasteiger charge is 2.51. The third kappa shape index (κ3) is 37.1. The summed E-state index contributed by atoms with van der Waals surface area (Å²) in [6.07, 6.45) is 61.6. The highest BCUT2D eigenvalue weighted by molar-refractivity contribution is 5.76. The van der Waals surface area contributed by atoms with E-state index in [1.165, 1.54) is 38.5 Å². The van der Waals surface area contributed by atoms with E-state index in [4.69, 9.17) is 18.9 Å². The highest BCUT2D eigenvalue weighted by Crippen LogP contribution is 2.30. The van der Waals surface area contributed by atoms with Crippen LogP contribution in [0.4, 0.5) is 0 Å². The Hall–Kier alpha value is -4.13. The maximum absolute atomic E-state index is 13.2. The molecule has 0 spiro atoms. The van der Waals surface area contributed by atoms with Gasteiger partial charge in [-0.1, -0.05) is 224 Å². The van der Waals surface area contributed by atoms with E-state index in [0.717, 1.165) is 116 Å². The molecule has 2 aliphatic rings. The minimum absolute atomic E-state index is 0.239. The molecule has 2 saturated heterocycles. The van der Waals surface area contributed by atoms with E-state index in [1.54, 1.807) is 0 Å². The first-order valence-electron chi connectivity index (χ1n) is 31.6. The van der Waals surface area contributed by atoms with Crippen LogP contribution in [-0.4, -0.2) is 140 Å². The second-order valence-corrected chi connectivity index (χ2v) is 21.5. The van der Waals surface area contributed by atoms with E-state index in [1.807, 2.05) is 0 Å². The summed E-state index contributed by atoms with van der Waals surface area (Å²) in [6, 6.07) is -0.861. The van der Waals surface area contributed by atoms with Gasteiger partial charge >= 0.3 is 0 Å².